The molecule has 1 aliphatic heterocycles. The number of aliphatic carboxylic acids is 1. The van der Waals surface area contributed by atoms with E-state index in [-0.39, 0.29) is 18.1 Å². The summed E-state index contributed by atoms with van der Waals surface area (Å²) in [7, 11) is 0. The van der Waals surface area contributed by atoms with Crippen LogP contribution >= 0.6 is 0 Å². The van der Waals surface area contributed by atoms with Gasteiger partial charge < -0.3 is 5.11 Å². The van der Waals surface area contributed by atoms with E-state index in [1.54, 1.807) is 0 Å². The molecular weight excluding hydrogens is 144 g/mol. The number of halogens is 2. The molecule has 0 saturated carbocycles. The van der Waals surface area contributed by atoms with Crippen LogP contribution in [0.2, 0.25) is 0 Å². The highest BCUT2D eigenvalue weighted by molar-refractivity contribution is 5.70. The minimum atomic E-state index is -1.96. The van der Waals surface area contributed by atoms with E-state index in [4.69, 9.17) is 5.11 Å². The van der Waals surface area contributed by atoms with E-state index in [1.165, 1.54) is 0 Å². The van der Waals surface area contributed by atoms with Gasteiger partial charge in [-0.25, -0.2) is 4.39 Å². The number of carboxylic acid groups (broad SMARTS) is 1. The van der Waals surface area contributed by atoms with Gasteiger partial charge in [0.05, 0.1) is 0 Å². The molecule has 2 atom stereocenters. The normalized spacial score (nSPS) is 34.6. The molecule has 0 radical (unpaired) electrons. The average Bonchev–Trinajstić information content (AvgIpc) is 2.14. The van der Waals surface area contributed by atoms with E-state index in [2.05, 4.69) is 0 Å². The molecule has 1 aliphatic rings. The van der Waals surface area contributed by atoms with E-state index >= 15 is 0 Å². The molecule has 0 aromatic heterocycles. The predicted octanol–water partition coefficient (Wildman–Crippen LogP) is 0.573. The Balaban J connectivity index is 2.57. The first-order valence-corrected chi connectivity index (χ1v) is 2.92. The highest BCUT2D eigenvalue weighted by Gasteiger charge is 2.39. The summed E-state index contributed by atoms with van der Waals surface area (Å²) < 4.78 is 24.5. The number of nitrogens with zero attached hydrogens (tertiary/aromatic N) is 1. The van der Waals surface area contributed by atoms with Crippen molar-refractivity contribution in [2.24, 2.45) is 5.92 Å². The predicted molar refractivity (Wildman–Crippen MR) is 28.5 cm³/mol. The van der Waals surface area contributed by atoms with Crippen LogP contribution < -0.4 is 0 Å². The van der Waals surface area contributed by atoms with Gasteiger partial charge in [0, 0.05) is 6.54 Å². The SMILES string of the molecule is O=C(O)C1CCN(F)C1F. The van der Waals surface area contributed by atoms with Crippen molar-refractivity contribution >= 4 is 5.97 Å². The topological polar surface area (TPSA) is 40.5 Å². The van der Waals surface area contributed by atoms with Crippen molar-refractivity contribution in [3.05, 3.63) is 0 Å². The van der Waals surface area contributed by atoms with Crippen LogP contribution in [0.1, 0.15) is 6.42 Å². The summed E-state index contributed by atoms with van der Waals surface area (Å²) in [6, 6.07) is 0. The molecule has 0 bridgehead atoms. The summed E-state index contributed by atoms with van der Waals surface area (Å²) in [5, 5.41) is 8.18. The summed E-state index contributed by atoms with van der Waals surface area (Å²) in [6.45, 7) is -0.127. The molecule has 0 amide bonds. The van der Waals surface area contributed by atoms with Crippen molar-refractivity contribution in [3.63, 3.8) is 0 Å². The minimum absolute atomic E-state index is 0.0486. The van der Waals surface area contributed by atoms with Gasteiger partial charge in [0.15, 0.2) is 6.30 Å². The number of alkyl halides is 1. The van der Waals surface area contributed by atoms with Crippen molar-refractivity contribution < 1.29 is 18.8 Å². The first-order valence-electron chi connectivity index (χ1n) is 2.92. The highest BCUT2D eigenvalue weighted by atomic mass is 19.2. The molecular formula is C5H7F2NO2. The van der Waals surface area contributed by atoms with E-state index < -0.39 is 18.2 Å². The maximum absolute atomic E-state index is 12.4. The summed E-state index contributed by atoms with van der Waals surface area (Å²) in [6.07, 6.45) is -1.91. The molecule has 3 nitrogen and oxygen atoms in total. The molecule has 0 aromatic carbocycles. The Morgan fingerprint density at radius 1 is 1.70 bits per heavy atom. The van der Waals surface area contributed by atoms with E-state index in [0.29, 0.717) is 0 Å². The smallest absolute Gasteiger partial charge is 0.311 e. The lowest BCUT2D eigenvalue weighted by Crippen LogP contribution is -2.26. The third-order valence-electron chi connectivity index (χ3n) is 1.57. The Morgan fingerprint density at radius 3 is 2.50 bits per heavy atom. The first kappa shape index (κ1) is 7.40. The van der Waals surface area contributed by atoms with Gasteiger partial charge in [0.1, 0.15) is 5.92 Å². The van der Waals surface area contributed by atoms with Crippen LogP contribution in [0.25, 0.3) is 0 Å². The average molecular weight is 151 g/mol. The Hall–Kier alpha value is -0.710. The quantitative estimate of drug-likeness (QED) is 0.440. The zero-order valence-electron chi connectivity index (χ0n) is 5.13. The van der Waals surface area contributed by atoms with Gasteiger partial charge in [-0.15, -0.1) is 9.60 Å². The number of hydrogen-bond acceptors (Lipinski definition) is 2. The maximum Gasteiger partial charge on any atom is 0.311 e. The molecule has 5 heteroatoms. The van der Waals surface area contributed by atoms with Crippen molar-refractivity contribution in [3.8, 4) is 0 Å². The van der Waals surface area contributed by atoms with Crippen molar-refractivity contribution in [2.45, 2.75) is 12.7 Å². The Bertz CT molecular complexity index is 153. The van der Waals surface area contributed by atoms with Crippen molar-refractivity contribution in [1.29, 1.82) is 0 Å². The largest absolute Gasteiger partial charge is 0.481 e. The zero-order chi connectivity index (χ0) is 7.72. The third kappa shape index (κ3) is 1.09. The fraction of sp³-hybridized carbons (Fsp3) is 0.800. The van der Waals surface area contributed by atoms with Crippen LogP contribution in [0.3, 0.4) is 0 Å². The van der Waals surface area contributed by atoms with E-state index in [1.807, 2.05) is 0 Å². The maximum atomic E-state index is 12.4. The standard InChI is InChI=1S/C5H7F2NO2/c6-4-3(5(9)10)1-2-8(4)7/h3-4H,1-2H2,(H,9,10). The summed E-state index contributed by atoms with van der Waals surface area (Å²) >= 11 is 0. The lowest BCUT2D eigenvalue weighted by molar-refractivity contribution is -0.148. The van der Waals surface area contributed by atoms with Crippen LogP contribution in [-0.4, -0.2) is 29.0 Å². The fourth-order valence-electron chi connectivity index (χ4n) is 0.960. The summed E-state index contributed by atoms with van der Waals surface area (Å²) in [5.41, 5.74) is 0. The van der Waals surface area contributed by atoms with Gasteiger partial charge in [0.2, 0.25) is 0 Å². The first-order chi connectivity index (χ1) is 4.63. The molecule has 0 aliphatic carbocycles. The number of hydrogen-bond donors (Lipinski definition) is 1. The number of rotatable bonds is 1. The Labute approximate surface area is 56.2 Å². The number of carboxylic acids is 1. The minimum Gasteiger partial charge on any atom is -0.481 e. The molecule has 1 fully saturated rings. The van der Waals surface area contributed by atoms with Crippen LogP contribution in [0.5, 0.6) is 0 Å². The summed E-state index contributed by atoms with van der Waals surface area (Å²) in [4.78, 5) is 10.1. The third-order valence-corrected chi connectivity index (χ3v) is 1.57. The molecule has 0 aromatic rings. The second-order valence-corrected chi connectivity index (χ2v) is 2.23. The van der Waals surface area contributed by atoms with E-state index in [0.717, 1.165) is 0 Å². The zero-order valence-corrected chi connectivity index (χ0v) is 5.13. The number of carbonyl (C=O) groups is 1. The van der Waals surface area contributed by atoms with E-state index in [9.17, 15) is 13.7 Å². The van der Waals surface area contributed by atoms with Crippen molar-refractivity contribution in [1.82, 2.24) is 5.12 Å². The second kappa shape index (κ2) is 2.49. The van der Waals surface area contributed by atoms with Crippen LogP contribution in [0.4, 0.5) is 8.87 Å². The van der Waals surface area contributed by atoms with Gasteiger partial charge in [-0.2, -0.15) is 0 Å². The molecule has 1 saturated heterocycles. The Kier molecular flexibility index (Phi) is 1.85. The van der Waals surface area contributed by atoms with Gasteiger partial charge in [-0.3, -0.25) is 4.79 Å². The highest BCUT2D eigenvalue weighted by Crippen LogP contribution is 2.25. The second-order valence-electron chi connectivity index (χ2n) is 2.23. The van der Waals surface area contributed by atoms with Gasteiger partial charge in [-0.1, -0.05) is 0 Å². The Morgan fingerprint density at radius 2 is 2.30 bits per heavy atom. The fourth-order valence-corrected chi connectivity index (χ4v) is 0.960. The molecule has 1 heterocycles. The molecule has 2 unspecified atom stereocenters. The van der Waals surface area contributed by atoms with Crippen molar-refractivity contribution in [2.75, 3.05) is 6.54 Å². The molecule has 1 N–H and O–H groups in total. The monoisotopic (exact) mass is 151 g/mol. The molecule has 1 rings (SSSR count). The lowest BCUT2D eigenvalue weighted by atomic mass is 10.1. The lowest BCUT2D eigenvalue weighted by Gasteiger charge is -2.08. The van der Waals surface area contributed by atoms with Crippen LogP contribution in [0.15, 0.2) is 0 Å². The molecule has 0 spiro atoms. The van der Waals surface area contributed by atoms with Gasteiger partial charge in [0.25, 0.3) is 0 Å². The van der Waals surface area contributed by atoms with Gasteiger partial charge in [-0.05, 0) is 6.42 Å². The summed E-state index contributed by atoms with van der Waals surface area (Å²) in [5.74, 6) is -2.46. The molecule has 10 heavy (non-hydrogen) atoms. The van der Waals surface area contributed by atoms with Crippen LogP contribution in [-0.2, 0) is 4.79 Å². The van der Waals surface area contributed by atoms with Crippen LogP contribution in [0, 0.1) is 5.92 Å². The molecule has 58 valence electrons. The van der Waals surface area contributed by atoms with Gasteiger partial charge >= 0.3 is 5.97 Å².